The number of benzene rings is 1. The fraction of sp³-hybridized carbons (Fsp3) is 0.400. The highest BCUT2D eigenvalue weighted by Gasteiger charge is 2.35. The van der Waals surface area contributed by atoms with Gasteiger partial charge in [-0.25, -0.2) is 8.42 Å². The molecule has 0 saturated heterocycles. The third-order valence-corrected chi connectivity index (χ3v) is 4.75. The van der Waals surface area contributed by atoms with Crippen molar-refractivity contribution in [2.24, 2.45) is 0 Å². The van der Waals surface area contributed by atoms with E-state index in [1.54, 1.807) is 18.2 Å². The average molecular weight is 246 g/mol. The molecule has 1 heterocycles. The lowest BCUT2D eigenvalue weighted by atomic mass is 10.1. The molecule has 2 rings (SSSR count). The van der Waals surface area contributed by atoms with Crippen molar-refractivity contribution in [2.45, 2.75) is 24.3 Å². The molecule has 0 radical (unpaired) electrons. The Hall–Kier alpha value is -0.740. The summed E-state index contributed by atoms with van der Waals surface area (Å²) in [5.74, 6) is 0.0906. The molecule has 3 nitrogen and oxygen atoms in total. The quantitative estimate of drug-likeness (QED) is 0.763. The third-order valence-electron chi connectivity index (χ3n) is 2.32. The minimum Gasteiger partial charge on any atom is -0.377 e. The first kappa shape index (κ1) is 10.8. The predicted molar refractivity (Wildman–Crippen MR) is 61.2 cm³/mol. The number of rotatable bonds is 0. The molecule has 0 unspecified atom stereocenters. The van der Waals surface area contributed by atoms with Gasteiger partial charge >= 0.3 is 0 Å². The van der Waals surface area contributed by atoms with E-state index < -0.39 is 15.4 Å². The molecule has 0 saturated carbocycles. The molecular weight excluding hydrogens is 234 g/mol. The van der Waals surface area contributed by atoms with Gasteiger partial charge in [0.1, 0.15) is 0 Å². The molecule has 1 N–H and O–H groups in total. The molecule has 0 aromatic heterocycles. The summed E-state index contributed by atoms with van der Waals surface area (Å²) < 4.78 is 23.9. The summed E-state index contributed by atoms with van der Waals surface area (Å²) in [6.07, 6.45) is 0. The Labute approximate surface area is 94.4 Å². The molecule has 0 amide bonds. The summed E-state index contributed by atoms with van der Waals surface area (Å²) in [6, 6.07) is 4.92. The Morgan fingerprint density at radius 1 is 1.40 bits per heavy atom. The second-order valence-electron chi connectivity index (χ2n) is 4.38. The number of nitrogens with one attached hydrogen (secondary N) is 1. The monoisotopic (exact) mass is 245 g/mol. The van der Waals surface area contributed by atoms with Crippen LogP contribution in [0.15, 0.2) is 23.1 Å². The van der Waals surface area contributed by atoms with Gasteiger partial charge in [-0.3, -0.25) is 0 Å². The van der Waals surface area contributed by atoms with Gasteiger partial charge in [0.2, 0.25) is 0 Å². The van der Waals surface area contributed by atoms with Crippen LogP contribution in [0.2, 0.25) is 5.02 Å². The van der Waals surface area contributed by atoms with E-state index in [-0.39, 0.29) is 5.75 Å². The Balaban J connectivity index is 2.71. The zero-order valence-electron chi connectivity index (χ0n) is 8.54. The van der Waals surface area contributed by atoms with Gasteiger partial charge in [-0.15, -0.1) is 0 Å². The fourth-order valence-corrected chi connectivity index (χ4v) is 4.03. The van der Waals surface area contributed by atoms with Crippen molar-refractivity contribution in [3.05, 3.63) is 23.2 Å². The second kappa shape index (κ2) is 3.12. The first-order valence-corrected chi connectivity index (χ1v) is 6.64. The van der Waals surface area contributed by atoms with E-state index in [0.29, 0.717) is 15.6 Å². The number of fused-ring (bicyclic) bond motifs is 1. The van der Waals surface area contributed by atoms with Gasteiger partial charge in [-0.05, 0) is 26.0 Å². The van der Waals surface area contributed by atoms with Crippen LogP contribution < -0.4 is 5.32 Å². The van der Waals surface area contributed by atoms with E-state index in [4.69, 9.17) is 11.6 Å². The molecular formula is C10H12ClNO2S. The van der Waals surface area contributed by atoms with Crippen LogP contribution in [0.1, 0.15) is 13.8 Å². The summed E-state index contributed by atoms with van der Waals surface area (Å²) in [4.78, 5) is 0.300. The molecule has 15 heavy (non-hydrogen) atoms. The van der Waals surface area contributed by atoms with E-state index in [0.717, 1.165) is 0 Å². The van der Waals surface area contributed by atoms with Crippen LogP contribution >= 0.6 is 11.6 Å². The van der Waals surface area contributed by atoms with Crippen molar-refractivity contribution in [1.82, 2.24) is 0 Å². The van der Waals surface area contributed by atoms with Gasteiger partial charge < -0.3 is 5.32 Å². The zero-order valence-corrected chi connectivity index (χ0v) is 10.1. The van der Waals surface area contributed by atoms with Crippen molar-refractivity contribution in [3.63, 3.8) is 0 Å². The van der Waals surface area contributed by atoms with E-state index in [1.165, 1.54) is 0 Å². The molecule has 1 aromatic rings. The van der Waals surface area contributed by atoms with Crippen molar-refractivity contribution < 1.29 is 8.42 Å². The highest BCUT2D eigenvalue weighted by atomic mass is 35.5. The van der Waals surface area contributed by atoms with E-state index >= 15 is 0 Å². The van der Waals surface area contributed by atoms with Crippen LogP contribution in [0.3, 0.4) is 0 Å². The molecule has 0 fully saturated rings. The number of sulfone groups is 1. The number of hydrogen-bond donors (Lipinski definition) is 1. The van der Waals surface area contributed by atoms with Gasteiger partial charge in [0.25, 0.3) is 0 Å². The number of anilines is 1. The number of halogens is 1. The van der Waals surface area contributed by atoms with E-state index in [2.05, 4.69) is 5.32 Å². The Kier molecular flexibility index (Phi) is 2.24. The lowest BCUT2D eigenvalue weighted by Gasteiger charge is -2.33. The van der Waals surface area contributed by atoms with Crippen molar-refractivity contribution in [1.29, 1.82) is 0 Å². The zero-order chi connectivity index (χ0) is 11.3. The normalized spacial score (nSPS) is 21.5. The molecule has 1 aromatic carbocycles. The van der Waals surface area contributed by atoms with Gasteiger partial charge in [0.05, 0.1) is 21.4 Å². The number of para-hydroxylation sites is 1. The minimum atomic E-state index is -3.22. The van der Waals surface area contributed by atoms with Gasteiger partial charge in [-0.2, -0.15) is 0 Å². The molecule has 0 bridgehead atoms. The maximum absolute atomic E-state index is 11.9. The van der Waals surface area contributed by atoms with Gasteiger partial charge in [0.15, 0.2) is 9.84 Å². The summed E-state index contributed by atoms with van der Waals surface area (Å²) in [5.41, 5.74) is 0.0482. The van der Waals surface area contributed by atoms with Crippen LogP contribution in [0.25, 0.3) is 0 Å². The molecule has 82 valence electrons. The topological polar surface area (TPSA) is 46.2 Å². The minimum absolute atomic E-state index is 0.0906. The van der Waals surface area contributed by atoms with Crippen molar-refractivity contribution in [3.8, 4) is 0 Å². The Morgan fingerprint density at radius 3 is 2.73 bits per heavy atom. The third kappa shape index (κ3) is 1.84. The first-order chi connectivity index (χ1) is 6.82. The molecule has 1 aliphatic heterocycles. The maximum Gasteiger partial charge on any atom is 0.182 e. The Morgan fingerprint density at radius 2 is 2.07 bits per heavy atom. The van der Waals surface area contributed by atoms with E-state index in [9.17, 15) is 8.42 Å². The van der Waals surface area contributed by atoms with Crippen molar-refractivity contribution in [2.75, 3.05) is 11.1 Å². The molecule has 5 heteroatoms. The van der Waals surface area contributed by atoms with Crippen LogP contribution in [0.5, 0.6) is 0 Å². The Bertz CT molecular complexity index is 508. The highest BCUT2D eigenvalue weighted by Crippen LogP contribution is 2.37. The summed E-state index contributed by atoms with van der Waals surface area (Å²) in [6.45, 7) is 3.69. The lowest BCUT2D eigenvalue weighted by molar-refractivity contribution is 0.556. The van der Waals surface area contributed by atoms with Gasteiger partial charge in [0, 0.05) is 5.54 Å². The molecule has 0 atom stereocenters. The fourth-order valence-electron chi connectivity index (χ4n) is 1.81. The lowest BCUT2D eigenvalue weighted by Crippen LogP contribution is -2.42. The van der Waals surface area contributed by atoms with Crippen LogP contribution in [-0.4, -0.2) is 19.7 Å². The maximum atomic E-state index is 11.9. The summed E-state index contributed by atoms with van der Waals surface area (Å²) >= 11 is 5.97. The average Bonchev–Trinajstić information content (AvgIpc) is 2.04. The first-order valence-electron chi connectivity index (χ1n) is 4.61. The molecule has 1 aliphatic rings. The smallest absolute Gasteiger partial charge is 0.182 e. The summed E-state index contributed by atoms with van der Waals surface area (Å²) in [7, 11) is -3.22. The highest BCUT2D eigenvalue weighted by molar-refractivity contribution is 7.91. The van der Waals surface area contributed by atoms with Crippen LogP contribution in [0.4, 0.5) is 5.69 Å². The van der Waals surface area contributed by atoms with Crippen molar-refractivity contribution >= 4 is 27.1 Å². The predicted octanol–water partition coefficient (Wildman–Crippen LogP) is 2.32. The molecule has 0 aliphatic carbocycles. The standard InChI is InChI=1S/C10H12ClNO2S/c1-10(2)6-15(13,14)8-5-3-4-7(11)9(8)12-10/h3-5,12H,6H2,1-2H3. The van der Waals surface area contributed by atoms with Crippen LogP contribution in [-0.2, 0) is 9.84 Å². The van der Waals surface area contributed by atoms with Gasteiger partial charge in [-0.1, -0.05) is 17.7 Å². The largest absolute Gasteiger partial charge is 0.377 e. The summed E-state index contributed by atoms with van der Waals surface area (Å²) in [5, 5.41) is 3.60. The second-order valence-corrected chi connectivity index (χ2v) is 6.75. The van der Waals surface area contributed by atoms with E-state index in [1.807, 2.05) is 13.8 Å². The number of hydrogen-bond acceptors (Lipinski definition) is 3. The molecule has 0 spiro atoms. The van der Waals surface area contributed by atoms with Crippen LogP contribution in [0, 0.1) is 0 Å². The SMILES string of the molecule is CC1(C)CS(=O)(=O)c2cccc(Cl)c2N1.